The lowest BCUT2D eigenvalue weighted by molar-refractivity contribution is -0.0531. The van der Waals surface area contributed by atoms with E-state index in [0.29, 0.717) is 52.0 Å². The Hall–Kier alpha value is -2.79. The van der Waals surface area contributed by atoms with Crippen LogP contribution in [-0.2, 0) is 18.3 Å². The number of aromatic nitrogens is 2. The van der Waals surface area contributed by atoms with E-state index in [-0.39, 0.29) is 31.3 Å². The smallest absolute Gasteiger partial charge is 0.332 e. The highest BCUT2D eigenvalue weighted by atomic mass is 31.2. The van der Waals surface area contributed by atoms with Crippen LogP contribution < -0.4 is 34.2 Å². The Morgan fingerprint density at radius 3 is 1.88 bits per heavy atom. The van der Waals surface area contributed by atoms with Gasteiger partial charge >= 0.3 is 13.3 Å². The number of guanidine groups is 2. The van der Waals surface area contributed by atoms with E-state index in [1.165, 1.54) is 64.0 Å². The number of ether oxygens (including phenoxy) is 1. The molecule has 1 aliphatic heterocycles. The van der Waals surface area contributed by atoms with Crippen LogP contribution in [0.1, 0.15) is 109 Å². The summed E-state index contributed by atoms with van der Waals surface area (Å²) >= 11 is 0. The number of hydrogen-bond donors (Lipinski definition) is 7. The molecule has 0 aliphatic carbocycles. The number of nitrogens with zero attached hydrogens (tertiary/aromatic N) is 4. The van der Waals surface area contributed by atoms with E-state index in [1.54, 1.807) is 0 Å². The first-order valence-electron chi connectivity index (χ1n) is 19.0. The molecule has 0 amide bonds. The highest BCUT2D eigenvalue weighted by molar-refractivity contribution is 7.53. The second-order valence-electron chi connectivity index (χ2n) is 13.4. The van der Waals surface area contributed by atoms with Crippen molar-refractivity contribution in [3.8, 4) is 0 Å². The van der Waals surface area contributed by atoms with Crippen molar-refractivity contribution >= 4 is 19.5 Å². The molecule has 1 saturated heterocycles. The molecule has 5 atom stereocenters. The number of hydrogen-bond acceptors (Lipinski definition) is 11. The molecule has 0 spiro atoms. The van der Waals surface area contributed by atoms with Gasteiger partial charge in [0.2, 0.25) is 0 Å². The predicted molar refractivity (Wildman–Crippen MR) is 204 cm³/mol. The van der Waals surface area contributed by atoms with Crippen molar-refractivity contribution in [2.75, 3.05) is 52.1 Å². The number of nitrogens with one attached hydrogen (secondary N) is 1. The minimum Gasteiger partial charge on any atom is -0.387 e. The average molecular weight is 760 g/mol. The number of aliphatic hydroxyl groups is 2. The van der Waals surface area contributed by atoms with Gasteiger partial charge in [-0.2, -0.15) is 0 Å². The maximum absolute atomic E-state index is 14.2. The Bertz CT molecular complexity index is 1310. The fraction of sp³-hybridized carbons (Fsp3) is 0.824. The highest BCUT2D eigenvalue weighted by Crippen LogP contribution is 2.49. The average Bonchev–Trinajstić information content (AvgIpc) is 3.38. The molecule has 18 heteroatoms. The van der Waals surface area contributed by atoms with Crippen molar-refractivity contribution in [1.82, 2.24) is 14.5 Å². The topological polar surface area (TPSA) is 272 Å². The maximum atomic E-state index is 14.2. The normalized spacial score (nSPS) is 19.8. The number of H-pyrrole nitrogens is 1. The zero-order valence-corrected chi connectivity index (χ0v) is 32.0. The van der Waals surface area contributed by atoms with Gasteiger partial charge in [-0.05, 0) is 32.4 Å². The van der Waals surface area contributed by atoms with E-state index in [1.807, 2.05) is 0 Å². The summed E-state index contributed by atoms with van der Waals surface area (Å²) in [6.45, 7) is 4.51. The second kappa shape index (κ2) is 26.1. The van der Waals surface area contributed by atoms with Gasteiger partial charge in [0.25, 0.3) is 5.56 Å². The summed E-state index contributed by atoms with van der Waals surface area (Å²) in [5.74, 6) is 0.0146. The van der Waals surface area contributed by atoms with Gasteiger partial charge in [-0.25, -0.2) is 4.79 Å². The van der Waals surface area contributed by atoms with E-state index in [9.17, 15) is 24.4 Å². The van der Waals surface area contributed by atoms with Gasteiger partial charge in [0.05, 0.1) is 19.4 Å². The third kappa shape index (κ3) is 18.8. The third-order valence-electron chi connectivity index (χ3n) is 8.98. The lowest BCUT2D eigenvalue weighted by Gasteiger charge is -2.26. The van der Waals surface area contributed by atoms with Gasteiger partial charge in [0.1, 0.15) is 18.3 Å². The molecule has 300 valence electrons. The molecular formula is C34H66N9O8P. The molecule has 1 aliphatic rings. The fourth-order valence-electron chi connectivity index (χ4n) is 6.01. The molecule has 2 rings (SSSR count). The minimum absolute atomic E-state index is 0.00730. The first-order chi connectivity index (χ1) is 25.0. The molecule has 17 nitrogen and oxygen atoms in total. The zero-order chi connectivity index (χ0) is 38.2. The lowest BCUT2D eigenvalue weighted by atomic mass is 10.0. The van der Waals surface area contributed by atoms with Gasteiger partial charge in [0, 0.05) is 31.9 Å². The zero-order valence-electron chi connectivity index (χ0n) is 31.1. The van der Waals surface area contributed by atoms with Crippen LogP contribution in [0.3, 0.4) is 0 Å². The molecular weight excluding hydrogens is 693 g/mol. The van der Waals surface area contributed by atoms with Crippen molar-refractivity contribution < 1.29 is 28.6 Å². The van der Waals surface area contributed by atoms with Crippen LogP contribution in [0.4, 0.5) is 0 Å². The van der Waals surface area contributed by atoms with Gasteiger partial charge < -0.3 is 51.8 Å². The third-order valence-corrected chi connectivity index (χ3v) is 10.8. The van der Waals surface area contributed by atoms with Crippen LogP contribution in [0, 0.1) is 0 Å². The van der Waals surface area contributed by atoms with Crippen molar-refractivity contribution in [2.45, 2.75) is 128 Å². The minimum atomic E-state index is -3.74. The summed E-state index contributed by atoms with van der Waals surface area (Å²) in [7, 11) is -3.74. The molecule has 0 saturated carbocycles. The molecule has 1 aromatic rings. The molecule has 0 bridgehead atoms. The van der Waals surface area contributed by atoms with Crippen molar-refractivity contribution in [3.05, 3.63) is 33.1 Å². The first-order valence-corrected chi connectivity index (χ1v) is 20.7. The summed E-state index contributed by atoms with van der Waals surface area (Å²) in [6, 6.07) is 1.10. The first kappa shape index (κ1) is 45.4. The van der Waals surface area contributed by atoms with Crippen LogP contribution in [0.25, 0.3) is 0 Å². The van der Waals surface area contributed by atoms with Gasteiger partial charge in [0.15, 0.2) is 18.1 Å². The van der Waals surface area contributed by atoms with Gasteiger partial charge in [-0.3, -0.25) is 28.9 Å². The summed E-state index contributed by atoms with van der Waals surface area (Å²) in [5.41, 5.74) is 20.4. The monoisotopic (exact) mass is 759 g/mol. The molecule has 2 heterocycles. The van der Waals surface area contributed by atoms with Crippen LogP contribution >= 0.6 is 7.60 Å². The predicted octanol–water partition coefficient (Wildman–Crippen LogP) is 2.10. The molecule has 1 aromatic heterocycles. The Balaban J connectivity index is 1.97. The molecule has 0 aromatic carbocycles. The Morgan fingerprint density at radius 2 is 1.37 bits per heavy atom. The van der Waals surface area contributed by atoms with Crippen molar-refractivity contribution in [1.29, 1.82) is 0 Å². The number of aromatic amines is 1. The number of unbranched alkanes of at least 4 members (excludes halogenated alkanes) is 12. The standard InChI is InChI=1S/C34H66N9O8P/c1-2-3-4-5-6-7-8-9-10-11-12-13-14-24-49-52(48,25-23-42(20-15-18-39-32(35)36)21-16-19-40-33(37)38)50-26-27-29(45)30(46)31(51-27)43-22-17-28(44)41-34(43)47/h17,22,27,29-31,45-46H,2-16,18-21,23-26H2,1H3,(H4,35,36,39)(H4,37,38,40)(H,41,44,47)/t27-,29-,30-,31-,52?/m1/s1. The number of nitrogens with two attached hydrogens (primary N) is 4. The number of aliphatic hydroxyl groups excluding tert-OH is 2. The second-order valence-corrected chi connectivity index (χ2v) is 15.6. The van der Waals surface area contributed by atoms with Gasteiger partial charge in [-0.15, -0.1) is 0 Å². The molecule has 52 heavy (non-hydrogen) atoms. The summed E-state index contributed by atoms with van der Waals surface area (Å²) in [5, 5.41) is 21.4. The lowest BCUT2D eigenvalue weighted by Crippen LogP contribution is -2.37. The van der Waals surface area contributed by atoms with E-state index >= 15 is 0 Å². The summed E-state index contributed by atoms with van der Waals surface area (Å²) in [6.07, 6.45) is 12.7. The van der Waals surface area contributed by atoms with E-state index in [0.717, 1.165) is 29.9 Å². The highest BCUT2D eigenvalue weighted by Gasteiger charge is 2.45. The molecule has 11 N–H and O–H groups in total. The van der Waals surface area contributed by atoms with Gasteiger partial charge in [-0.1, -0.05) is 84.0 Å². The van der Waals surface area contributed by atoms with Crippen molar-refractivity contribution in [3.63, 3.8) is 0 Å². The fourth-order valence-corrected chi connectivity index (χ4v) is 7.65. The summed E-state index contributed by atoms with van der Waals surface area (Å²) < 4.78 is 32.8. The van der Waals surface area contributed by atoms with E-state index < -0.39 is 43.4 Å². The van der Waals surface area contributed by atoms with E-state index in [4.69, 9.17) is 36.7 Å². The Morgan fingerprint density at radius 1 is 0.827 bits per heavy atom. The SMILES string of the molecule is CCCCCCCCCCCCCCCOP(=O)(CCN(CCCN=C(N)N)CCCN=C(N)N)OC[C@H]1O[C@@H](n2ccc(=O)[nH]c2=O)[C@H](O)[C@@H]1O. The molecule has 0 radical (unpaired) electrons. The summed E-state index contributed by atoms with van der Waals surface area (Å²) in [4.78, 5) is 36.1. The Labute approximate surface area is 308 Å². The maximum Gasteiger partial charge on any atom is 0.332 e. The van der Waals surface area contributed by atoms with Crippen LogP contribution in [0.15, 0.2) is 31.8 Å². The van der Waals surface area contributed by atoms with Crippen LogP contribution in [-0.4, -0.2) is 107 Å². The van der Waals surface area contributed by atoms with E-state index in [2.05, 4.69) is 26.8 Å². The molecule has 1 fully saturated rings. The molecule has 1 unspecified atom stereocenters. The largest absolute Gasteiger partial charge is 0.387 e. The number of aliphatic imine (C=N–C) groups is 2. The van der Waals surface area contributed by atoms with Crippen LogP contribution in [0.2, 0.25) is 0 Å². The van der Waals surface area contributed by atoms with Crippen LogP contribution in [0.5, 0.6) is 0 Å². The Kier molecular flexibility index (Phi) is 22.7. The van der Waals surface area contributed by atoms with Crippen molar-refractivity contribution in [2.24, 2.45) is 32.9 Å². The quantitative estimate of drug-likeness (QED) is 0.0257. The number of rotatable bonds is 30.